The van der Waals surface area contributed by atoms with Crippen LogP contribution in [-0.4, -0.2) is 11.6 Å². The third-order valence-corrected chi connectivity index (χ3v) is 3.74. The molecule has 3 rings (SSSR count). The summed E-state index contributed by atoms with van der Waals surface area (Å²) in [4.78, 5) is 25.0. The van der Waals surface area contributed by atoms with Crippen molar-refractivity contribution < 1.29 is 9.59 Å². The normalized spacial score (nSPS) is 10.3. The van der Waals surface area contributed by atoms with Crippen LogP contribution in [0.15, 0.2) is 84.9 Å². The van der Waals surface area contributed by atoms with Crippen LogP contribution in [0.4, 0.5) is 0 Å². The quantitative estimate of drug-likeness (QED) is 0.519. The van der Waals surface area contributed by atoms with Crippen LogP contribution < -0.4 is 0 Å². The highest BCUT2D eigenvalue weighted by Crippen LogP contribution is 2.17. The van der Waals surface area contributed by atoms with E-state index in [9.17, 15) is 9.59 Å². The molecule has 0 unspecified atom stereocenters. The smallest absolute Gasteiger partial charge is 0.233 e. The van der Waals surface area contributed by atoms with Gasteiger partial charge < -0.3 is 0 Å². The van der Waals surface area contributed by atoms with Crippen LogP contribution in [0.1, 0.15) is 31.8 Å². The predicted molar refractivity (Wildman–Crippen MR) is 90.8 cm³/mol. The van der Waals surface area contributed by atoms with Gasteiger partial charge >= 0.3 is 0 Å². The molecule has 0 aliphatic carbocycles. The Labute approximate surface area is 135 Å². The standard InChI is InChI=1S/C21H16O2/c22-20(17-11-5-2-6-12-17)21(23)19-14-8-7-13-18(19)15-16-9-3-1-4-10-16/h1-14H,15H2. The van der Waals surface area contributed by atoms with Gasteiger partial charge in [0, 0.05) is 11.1 Å². The monoisotopic (exact) mass is 300 g/mol. The van der Waals surface area contributed by atoms with E-state index in [-0.39, 0.29) is 0 Å². The van der Waals surface area contributed by atoms with Gasteiger partial charge in [0.25, 0.3) is 0 Å². The van der Waals surface area contributed by atoms with Crippen LogP contribution in [0, 0.1) is 0 Å². The average Bonchev–Trinajstić information content (AvgIpc) is 2.62. The highest BCUT2D eigenvalue weighted by molar-refractivity contribution is 6.49. The molecule has 0 fully saturated rings. The second-order valence-electron chi connectivity index (χ2n) is 5.34. The third kappa shape index (κ3) is 3.43. The fourth-order valence-corrected chi connectivity index (χ4v) is 2.55. The molecule has 23 heavy (non-hydrogen) atoms. The zero-order valence-corrected chi connectivity index (χ0v) is 12.6. The highest BCUT2D eigenvalue weighted by atomic mass is 16.2. The molecule has 3 aromatic rings. The predicted octanol–water partition coefficient (Wildman–Crippen LogP) is 4.34. The summed E-state index contributed by atoms with van der Waals surface area (Å²) in [6.45, 7) is 0. The Morgan fingerprint density at radius 3 is 1.87 bits per heavy atom. The van der Waals surface area contributed by atoms with Crippen molar-refractivity contribution in [3.8, 4) is 0 Å². The Kier molecular flexibility index (Phi) is 4.44. The van der Waals surface area contributed by atoms with Gasteiger partial charge in [0.05, 0.1) is 0 Å². The molecule has 0 N–H and O–H groups in total. The summed E-state index contributed by atoms with van der Waals surface area (Å²) in [6, 6.07) is 25.9. The van der Waals surface area contributed by atoms with Crippen LogP contribution in [-0.2, 0) is 6.42 Å². The van der Waals surface area contributed by atoms with Crippen molar-refractivity contribution in [3.05, 3.63) is 107 Å². The van der Waals surface area contributed by atoms with Gasteiger partial charge in [-0.3, -0.25) is 9.59 Å². The molecule has 3 aromatic carbocycles. The molecule has 0 atom stereocenters. The van der Waals surface area contributed by atoms with E-state index in [1.54, 1.807) is 36.4 Å². The van der Waals surface area contributed by atoms with Crippen LogP contribution in [0.5, 0.6) is 0 Å². The lowest BCUT2D eigenvalue weighted by molar-refractivity contribution is 0.0816. The fraction of sp³-hybridized carbons (Fsp3) is 0.0476. The Morgan fingerprint density at radius 1 is 0.609 bits per heavy atom. The summed E-state index contributed by atoms with van der Waals surface area (Å²) in [5.74, 6) is -0.922. The second kappa shape index (κ2) is 6.84. The van der Waals surface area contributed by atoms with E-state index in [2.05, 4.69) is 0 Å². The molecule has 0 heterocycles. The lowest BCUT2D eigenvalue weighted by Crippen LogP contribution is -2.16. The first-order chi connectivity index (χ1) is 11.3. The maximum Gasteiger partial charge on any atom is 0.233 e. The number of hydrogen-bond donors (Lipinski definition) is 0. The van der Waals surface area contributed by atoms with E-state index in [1.807, 2.05) is 48.5 Å². The van der Waals surface area contributed by atoms with Gasteiger partial charge in [-0.1, -0.05) is 84.9 Å². The SMILES string of the molecule is O=C(C(=O)c1ccccc1Cc1ccccc1)c1ccccc1. The number of rotatable bonds is 5. The molecule has 0 saturated heterocycles. The number of carbonyl (C=O) groups excluding carboxylic acids is 2. The zero-order valence-electron chi connectivity index (χ0n) is 12.6. The van der Waals surface area contributed by atoms with Crippen LogP contribution >= 0.6 is 0 Å². The minimum atomic E-state index is -0.467. The second-order valence-corrected chi connectivity index (χ2v) is 5.34. The number of benzene rings is 3. The van der Waals surface area contributed by atoms with Crippen molar-refractivity contribution >= 4 is 11.6 Å². The molecule has 0 aromatic heterocycles. The average molecular weight is 300 g/mol. The first-order valence-electron chi connectivity index (χ1n) is 7.51. The molecule has 0 aliphatic rings. The maximum absolute atomic E-state index is 12.6. The molecule has 0 radical (unpaired) electrons. The zero-order chi connectivity index (χ0) is 16.1. The summed E-state index contributed by atoms with van der Waals surface area (Å²) >= 11 is 0. The summed E-state index contributed by atoms with van der Waals surface area (Å²) in [5.41, 5.74) is 2.88. The minimum Gasteiger partial charge on any atom is -0.285 e. The molecule has 112 valence electrons. The lowest BCUT2D eigenvalue weighted by Gasteiger charge is -2.08. The van der Waals surface area contributed by atoms with Crippen molar-refractivity contribution in [2.45, 2.75) is 6.42 Å². The molecule has 2 heteroatoms. The van der Waals surface area contributed by atoms with Gasteiger partial charge in [-0.2, -0.15) is 0 Å². The van der Waals surface area contributed by atoms with Crippen molar-refractivity contribution in [2.75, 3.05) is 0 Å². The van der Waals surface area contributed by atoms with E-state index in [0.29, 0.717) is 17.5 Å². The first-order valence-corrected chi connectivity index (χ1v) is 7.51. The number of Topliss-reactive ketones (excluding diaryl/α,β-unsaturated/α-hetero) is 2. The van der Waals surface area contributed by atoms with E-state index in [4.69, 9.17) is 0 Å². The topological polar surface area (TPSA) is 34.1 Å². The van der Waals surface area contributed by atoms with Crippen LogP contribution in [0.25, 0.3) is 0 Å². The maximum atomic E-state index is 12.6. The van der Waals surface area contributed by atoms with Crippen LogP contribution in [0.2, 0.25) is 0 Å². The Morgan fingerprint density at radius 2 is 1.17 bits per heavy atom. The van der Waals surface area contributed by atoms with Gasteiger partial charge in [0.15, 0.2) is 0 Å². The first kappa shape index (κ1) is 14.9. The van der Waals surface area contributed by atoms with Gasteiger partial charge in [-0.15, -0.1) is 0 Å². The Balaban J connectivity index is 1.91. The fourth-order valence-electron chi connectivity index (χ4n) is 2.55. The molecule has 0 amide bonds. The molecular weight excluding hydrogens is 284 g/mol. The van der Waals surface area contributed by atoms with E-state index >= 15 is 0 Å². The van der Waals surface area contributed by atoms with Gasteiger partial charge in [0.2, 0.25) is 11.6 Å². The van der Waals surface area contributed by atoms with E-state index < -0.39 is 11.6 Å². The van der Waals surface area contributed by atoms with Gasteiger partial charge in [-0.25, -0.2) is 0 Å². The van der Waals surface area contributed by atoms with Gasteiger partial charge in [0.1, 0.15) is 0 Å². The summed E-state index contributed by atoms with van der Waals surface area (Å²) in [5, 5.41) is 0. The largest absolute Gasteiger partial charge is 0.285 e. The van der Waals surface area contributed by atoms with E-state index in [0.717, 1.165) is 11.1 Å². The summed E-state index contributed by atoms with van der Waals surface area (Å²) in [7, 11) is 0. The molecule has 0 saturated carbocycles. The van der Waals surface area contributed by atoms with Crippen molar-refractivity contribution in [2.24, 2.45) is 0 Å². The Hall–Kier alpha value is -3.00. The molecule has 0 aliphatic heterocycles. The number of hydrogen-bond acceptors (Lipinski definition) is 2. The summed E-state index contributed by atoms with van der Waals surface area (Å²) < 4.78 is 0. The van der Waals surface area contributed by atoms with Crippen molar-refractivity contribution in [3.63, 3.8) is 0 Å². The molecule has 0 bridgehead atoms. The molecule has 2 nitrogen and oxygen atoms in total. The summed E-state index contributed by atoms with van der Waals surface area (Å²) in [6.07, 6.45) is 0.630. The third-order valence-electron chi connectivity index (χ3n) is 3.74. The highest BCUT2D eigenvalue weighted by Gasteiger charge is 2.20. The van der Waals surface area contributed by atoms with Crippen LogP contribution in [0.3, 0.4) is 0 Å². The minimum absolute atomic E-state index is 0.423. The van der Waals surface area contributed by atoms with Crippen molar-refractivity contribution in [1.82, 2.24) is 0 Å². The molecular formula is C21H16O2. The van der Waals surface area contributed by atoms with Gasteiger partial charge in [-0.05, 0) is 17.5 Å². The van der Waals surface area contributed by atoms with Crippen molar-refractivity contribution in [1.29, 1.82) is 0 Å². The van der Waals surface area contributed by atoms with E-state index in [1.165, 1.54) is 0 Å². The number of carbonyl (C=O) groups is 2. The Bertz CT molecular complexity index is 821. The lowest BCUT2D eigenvalue weighted by atomic mass is 9.94. The molecule has 0 spiro atoms. The number of ketones is 2.